The summed E-state index contributed by atoms with van der Waals surface area (Å²) in [6, 6.07) is 6.92. The number of benzene rings is 1. The van der Waals surface area contributed by atoms with E-state index in [2.05, 4.69) is 10.1 Å². The average molecular weight is 368 g/mol. The molecular formula is C21H22F2N4. The second kappa shape index (κ2) is 6.44. The quantitative estimate of drug-likeness (QED) is 0.646. The lowest BCUT2D eigenvalue weighted by atomic mass is 10.0. The molecule has 1 fully saturated rings. The second-order valence-electron chi connectivity index (χ2n) is 7.37. The van der Waals surface area contributed by atoms with Gasteiger partial charge in [0.25, 0.3) is 0 Å². The molecule has 0 bridgehead atoms. The summed E-state index contributed by atoms with van der Waals surface area (Å²) >= 11 is 0. The Morgan fingerprint density at radius 3 is 2.37 bits per heavy atom. The summed E-state index contributed by atoms with van der Waals surface area (Å²) < 4.78 is 32.7. The van der Waals surface area contributed by atoms with E-state index in [9.17, 15) is 0 Å². The minimum absolute atomic E-state index is 0.00694. The molecule has 3 aromatic rings. The molecular weight excluding hydrogens is 346 g/mol. The van der Waals surface area contributed by atoms with Crippen molar-refractivity contribution in [1.29, 1.82) is 0 Å². The van der Waals surface area contributed by atoms with Crippen molar-refractivity contribution in [3.8, 4) is 11.1 Å². The fourth-order valence-electron chi connectivity index (χ4n) is 3.57. The molecule has 0 N–H and O–H groups in total. The van der Waals surface area contributed by atoms with Crippen molar-refractivity contribution >= 4 is 10.9 Å². The smallest absolute Gasteiger partial charge is 0.158 e. The van der Waals surface area contributed by atoms with Crippen LogP contribution in [0.15, 0.2) is 35.6 Å². The largest absolute Gasteiger partial charge is 0.342 e. The van der Waals surface area contributed by atoms with Gasteiger partial charge in [-0.2, -0.15) is 5.10 Å². The highest BCUT2D eigenvalue weighted by Gasteiger charge is 2.27. The molecule has 1 aliphatic carbocycles. The zero-order chi connectivity index (χ0) is 19.3. The van der Waals surface area contributed by atoms with Crippen molar-refractivity contribution in [3.63, 3.8) is 0 Å². The van der Waals surface area contributed by atoms with Crippen LogP contribution in [0.3, 0.4) is 0 Å². The highest BCUT2D eigenvalue weighted by Crippen LogP contribution is 2.39. The normalized spacial score (nSPS) is 14.8. The zero-order valence-electron chi connectivity index (χ0n) is 15.9. The third kappa shape index (κ3) is 3.20. The molecule has 140 valence electrons. The van der Waals surface area contributed by atoms with Crippen molar-refractivity contribution in [2.45, 2.75) is 32.7 Å². The molecule has 6 heteroatoms. The maximum atomic E-state index is 15.7. The molecule has 0 saturated heterocycles. The van der Waals surface area contributed by atoms with Crippen LogP contribution in [0.4, 0.5) is 8.78 Å². The van der Waals surface area contributed by atoms with Crippen molar-refractivity contribution < 1.29 is 8.78 Å². The number of halogens is 2. The highest BCUT2D eigenvalue weighted by molar-refractivity contribution is 5.86. The van der Waals surface area contributed by atoms with Crippen LogP contribution in [-0.4, -0.2) is 28.7 Å². The van der Waals surface area contributed by atoms with Gasteiger partial charge >= 0.3 is 0 Å². The Labute approximate surface area is 156 Å². The van der Waals surface area contributed by atoms with Crippen molar-refractivity contribution in [3.05, 3.63) is 58.8 Å². The number of pyridine rings is 2. The summed E-state index contributed by atoms with van der Waals surface area (Å²) in [6.45, 7) is 3.65. The molecule has 0 atom stereocenters. The fraction of sp³-hybridized carbons (Fsp3) is 0.333. The van der Waals surface area contributed by atoms with Gasteiger partial charge in [0.05, 0.1) is 16.4 Å². The standard InChI is InChI=1S/C21H22F2N4/c1-12-9-14(10-13(2)24-12)19-17(22)11-16-18(25-26(3)4)7-8-27(15-5-6-15)21(16)20(19)23/h7-11,15H,5-6H2,1-4H3/b25-18+. The Hall–Kier alpha value is -2.76. The second-order valence-corrected chi connectivity index (χ2v) is 7.37. The van der Waals surface area contributed by atoms with E-state index in [0.29, 0.717) is 21.8 Å². The van der Waals surface area contributed by atoms with E-state index < -0.39 is 11.6 Å². The van der Waals surface area contributed by atoms with Gasteiger partial charge in [-0.15, -0.1) is 0 Å². The van der Waals surface area contributed by atoms with E-state index >= 15 is 8.78 Å². The SMILES string of the molecule is Cc1cc(-c2c(F)cc3/c(=N/N(C)C)ccn(C4CC4)c3c2F)cc(C)n1. The van der Waals surface area contributed by atoms with Gasteiger partial charge < -0.3 is 9.58 Å². The predicted octanol–water partition coefficient (Wildman–Crippen LogP) is 4.31. The lowest BCUT2D eigenvalue weighted by molar-refractivity contribution is 0.422. The lowest BCUT2D eigenvalue weighted by Crippen LogP contribution is -2.16. The molecule has 4 nitrogen and oxygen atoms in total. The monoisotopic (exact) mass is 368 g/mol. The first-order chi connectivity index (χ1) is 12.8. The highest BCUT2D eigenvalue weighted by atomic mass is 19.1. The van der Waals surface area contributed by atoms with Crippen LogP contribution < -0.4 is 5.36 Å². The molecule has 0 spiro atoms. The zero-order valence-corrected chi connectivity index (χ0v) is 15.9. The number of hydrogen-bond donors (Lipinski definition) is 0. The van der Waals surface area contributed by atoms with Gasteiger partial charge in [0.2, 0.25) is 0 Å². The average Bonchev–Trinajstić information content (AvgIpc) is 3.39. The van der Waals surface area contributed by atoms with Crippen LogP contribution in [0, 0.1) is 25.5 Å². The summed E-state index contributed by atoms with van der Waals surface area (Å²) in [6.07, 6.45) is 3.86. The van der Waals surface area contributed by atoms with Crippen LogP contribution in [0.25, 0.3) is 22.0 Å². The molecule has 0 unspecified atom stereocenters. The Morgan fingerprint density at radius 1 is 1.11 bits per heavy atom. The lowest BCUT2D eigenvalue weighted by Gasteiger charge is -2.16. The fourth-order valence-corrected chi connectivity index (χ4v) is 3.57. The maximum absolute atomic E-state index is 15.7. The van der Waals surface area contributed by atoms with Gasteiger partial charge in [-0.05, 0) is 56.5 Å². The van der Waals surface area contributed by atoms with E-state index in [0.717, 1.165) is 24.2 Å². The van der Waals surface area contributed by atoms with Crippen LogP contribution >= 0.6 is 0 Å². The minimum Gasteiger partial charge on any atom is -0.342 e. The Bertz CT molecular complexity index is 1090. The molecule has 0 aliphatic heterocycles. The van der Waals surface area contributed by atoms with Crippen molar-refractivity contribution in [2.75, 3.05) is 14.1 Å². The minimum atomic E-state index is -0.589. The van der Waals surface area contributed by atoms with E-state index in [1.54, 1.807) is 31.2 Å². The molecule has 4 rings (SSSR count). The van der Waals surface area contributed by atoms with Crippen LogP contribution in [0.1, 0.15) is 30.3 Å². The topological polar surface area (TPSA) is 33.4 Å². The van der Waals surface area contributed by atoms with Gasteiger partial charge in [-0.3, -0.25) is 4.98 Å². The van der Waals surface area contributed by atoms with Crippen LogP contribution in [0.2, 0.25) is 0 Å². The first-order valence-electron chi connectivity index (χ1n) is 9.05. The first kappa shape index (κ1) is 17.6. The molecule has 1 saturated carbocycles. The Balaban J connectivity index is 2.10. The van der Waals surface area contributed by atoms with Gasteiger partial charge in [0.1, 0.15) is 5.82 Å². The number of rotatable bonds is 3. The molecule has 2 heterocycles. The molecule has 1 aliphatic rings. The summed E-state index contributed by atoms with van der Waals surface area (Å²) in [4.78, 5) is 4.31. The predicted molar refractivity (Wildman–Crippen MR) is 102 cm³/mol. The van der Waals surface area contributed by atoms with Gasteiger partial charge in [-0.1, -0.05) is 0 Å². The number of aryl methyl sites for hydroxylation is 2. The van der Waals surface area contributed by atoms with E-state index in [1.165, 1.54) is 6.07 Å². The summed E-state index contributed by atoms with van der Waals surface area (Å²) in [5.41, 5.74) is 2.37. The van der Waals surface area contributed by atoms with E-state index in [-0.39, 0.29) is 11.6 Å². The molecule has 27 heavy (non-hydrogen) atoms. The summed E-state index contributed by atoms with van der Waals surface area (Å²) in [5, 5.41) is 7.07. The number of aromatic nitrogens is 2. The molecule has 0 amide bonds. The molecule has 2 aromatic heterocycles. The van der Waals surface area contributed by atoms with E-state index in [4.69, 9.17) is 0 Å². The molecule has 0 radical (unpaired) electrons. The molecule has 1 aromatic carbocycles. The van der Waals surface area contributed by atoms with Gasteiger partial charge in [-0.25, -0.2) is 8.78 Å². The number of fused-ring (bicyclic) bond motifs is 1. The Morgan fingerprint density at radius 2 is 1.78 bits per heavy atom. The maximum Gasteiger partial charge on any atom is 0.158 e. The third-order valence-corrected chi connectivity index (χ3v) is 4.74. The van der Waals surface area contributed by atoms with Crippen molar-refractivity contribution in [2.24, 2.45) is 5.10 Å². The number of nitrogens with zero attached hydrogens (tertiary/aromatic N) is 4. The summed E-state index contributed by atoms with van der Waals surface area (Å²) in [7, 11) is 3.58. The van der Waals surface area contributed by atoms with Gasteiger partial charge in [0, 0.05) is 43.1 Å². The first-order valence-corrected chi connectivity index (χ1v) is 9.05. The van der Waals surface area contributed by atoms with Crippen LogP contribution in [0.5, 0.6) is 0 Å². The van der Waals surface area contributed by atoms with E-state index in [1.807, 2.05) is 30.7 Å². The summed E-state index contributed by atoms with van der Waals surface area (Å²) in [5.74, 6) is -1.13. The Kier molecular flexibility index (Phi) is 4.21. The van der Waals surface area contributed by atoms with Gasteiger partial charge in [0.15, 0.2) is 5.82 Å². The number of hydrogen-bond acceptors (Lipinski definition) is 3. The third-order valence-electron chi connectivity index (χ3n) is 4.74. The van der Waals surface area contributed by atoms with Crippen LogP contribution in [-0.2, 0) is 0 Å². The van der Waals surface area contributed by atoms with Crippen molar-refractivity contribution in [1.82, 2.24) is 14.6 Å².